The standard InChI is InChI=1S/C27H24BrNO8/c1-37-20-7-4-12(9-18(20)30)22-13-5-6-14-23(27(36)29(26(14)35)8-2-3-21(32)33)15(13)10-16-24(22)19(31)11-17(28)25(16)34/h4-5,7,9,11,14-15,22-23,30H,2-3,6,8,10H2,1H3,(H,32,33)/t14-,15+,22-,23-/m0/s1. The van der Waals surface area contributed by atoms with Crippen LogP contribution in [0.5, 0.6) is 11.5 Å². The van der Waals surface area contributed by atoms with Crippen molar-refractivity contribution >= 4 is 45.3 Å². The van der Waals surface area contributed by atoms with Gasteiger partial charge in [-0.15, -0.1) is 0 Å². The van der Waals surface area contributed by atoms with Crippen molar-refractivity contribution in [1.82, 2.24) is 4.90 Å². The van der Waals surface area contributed by atoms with Crippen molar-refractivity contribution in [3.8, 4) is 11.5 Å². The first-order valence-corrected chi connectivity index (χ1v) is 12.8. The third kappa shape index (κ3) is 4.03. The van der Waals surface area contributed by atoms with E-state index in [1.54, 1.807) is 12.1 Å². The summed E-state index contributed by atoms with van der Waals surface area (Å²) in [6, 6.07) is 4.79. The summed E-state index contributed by atoms with van der Waals surface area (Å²) >= 11 is 3.19. The van der Waals surface area contributed by atoms with Crippen molar-refractivity contribution in [2.24, 2.45) is 17.8 Å². The number of hydrogen-bond acceptors (Lipinski definition) is 7. The highest BCUT2D eigenvalue weighted by atomic mass is 79.9. The molecular formula is C27H24BrNO8. The summed E-state index contributed by atoms with van der Waals surface area (Å²) < 4.78 is 5.29. The number of benzene rings is 1. The third-order valence-corrected chi connectivity index (χ3v) is 8.32. The second-order valence-corrected chi connectivity index (χ2v) is 10.5. The number of amides is 2. The van der Waals surface area contributed by atoms with Crippen LogP contribution < -0.4 is 4.74 Å². The van der Waals surface area contributed by atoms with Gasteiger partial charge in [0.15, 0.2) is 23.1 Å². The lowest BCUT2D eigenvalue weighted by atomic mass is 9.59. The van der Waals surface area contributed by atoms with Gasteiger partial charge in [0.1, 0.15) is 0 Å². The Hall–Kier alpha value is -3.53. The highest BCUT2D eigenvalue weighted by Gasteiger charge is 2.56. The molecule has 2 amide bonds. The number of carbonyl (C=O) groups is 5. The molecule has 9 nitrogen and oxygen atoms in total. The summed E-state index contributed by atoms with van der Waals surface area (Å²) in [4.78, 5) is 65.2. The molecule has 1 saturated heterocycles. The molecule has 3 aliphatic carbocycles. The van der Waals surface area contributed by atoms with Crippen molar-refractivity contribution in [2.45, 2.75) is 31.6 Å². The molecule has 0 aromatic heterocycles. The van der Waals surface area contributed by atoms with Gasteiger partial charge < -0.3 is 14.9 Å². The number of phenols is 1. The zero-order valence-electron chi connectivity index (χ0n) is 19.9. The average Bonchev–Trinajstić information content (AvgIpc) is 3.10. The Bertz CT molecular complexity index is 1360. The molecule has 37 heavy (non-hydrogen) atoms. The normalized spacial score (nSPS) is 26.9. The van der Waals surface area contributed by atoms with Crippen LogP contribution in [0.15, 0.2) is 51.6 Å². The Morgan fingerprint density at radius 2 is 1.92 bits per heavy atom. The number of phenolic OH excluding ortho intramolecular Hbond substituents is 1. The molecule has 192 valence electrons. The van der Waals surface area contributed by atoms with E-state index in [4.69, 9.17) is 9.84 Å². The average molecular weight is 570 g/mol. The Morgan fingerprint density at radius 3 is 2.59 bits per heavy atom. The maximum absolute atomic E-state index is 13.5. The fourth-order valence-electron chi connectivity index (χ4n) is 6.15. The van der Waals surface area contributed by atoms with Gasteiger partial charge in [-0.1, -0.05) is 17.7 Å². The number of ketones is 2. The van der Waals surface area contributed by atoms with Crippen molar-refractivity contribution in [3.05, 3.63) is 57.1 Å². The number of nitrogens with zero attached hydrogens (tertiary/aromatic N) is 1. The lowest BCUT2D eigenvalue weighted by molar-refractivity contribution is -0.142. The zero-order valence-corrected chi connectivity index (χ0v) is 21.5. The van der Waals surface area contributed by atoms with Crippen LogP contribution >= 0.6 is 15.9 Å². The topological polar surface area (TPSA) is 138 Å². The monoisotopic (exact) mass is 569 g/mol. The van der Waals surface area contributed by atoms with Crippen LogP contribution in [-0.2, 0) is 24.0 Å². The number of allylic oxidation sites excluding steroid dienone is 6. The van der Waals surface area contributed by atoms with E-state index in [0.717, 1.165) is 10.5 Å². The molecule has 1 aromatic rings. The zero-order chi connectivity index (χ0) is 26.6. The smallest absolute Gasteiger partial charge is 0.303 e. The summed E-state index contributed by atoms with van der Waals surface area (Å²) in [6.07, 6.45) is 3.56. The minimum atomic E-state index is -1.00. The third-order valence-electron chi connectivity index (χ3n) is 7.73. The largest absolute Gasteiger partial charge is 0.504 e. The first kappa shape index (κ1) is 25.1. The van der Waals surface area contributed by atoms with Crippen molar-refractivity contribution in [2.75, 3.05) is 13.7 Å². The number of methoxy groups -OCH3 is 1. The molecule has 4 atom stereocenters. The SMILES string of the molecule is COc1ccc([C@H]2C3=CC[C@@H]4C(=O)N(CCCC(=O)O)C(=O)[C@@H]4[C@@H]3CC3=C2C(=O)C=C(Br)C3=O)cc1O. The van der Waals surface area contributed by atoms with Crippen LogP contribution in [0.25, 0.3) is 0 Å². The second kappa shape index (κ2) is 9.41. The molecule has 1 heterocycles. The maximum atomic E-state index is 13.5. The molecular weight excluding hydrogens is 546 g/mol. The molecule has 1 aliphatic heterocycles. The molecule has 4 aliphatic rings. The number of likely N-dealkylation sites (tertiary alicyclic amines) is 1. The van der Waals surface area contributed by atoms with Gasteiger partial charge >= 0.3 is 5.97 Å². The number of carboxylic acids is 1. The lowest BCUT2D eigenvalue weighted by Gasteiger charge is -2.42. The number of halogens is 1. The number of Topliss-reactive ketones (excluding diaryl/α,β-unsaturated/α-hetero) is 1. The van der Waals surface area contributed by atoms with E-state index in [1.807, 2.05) is 6.08 Å². The molecule has 5 rings (SSSR count). The van der Waals surface area contributed by atoms with Crippen molar-refractivity contribution in [3.63, 3.8) is 0 Å². The Kier molecular flexibility index (Phi) is 6.39. The summed E-state index contributed by atoms with van der Waals surface area (Å²) in [7, 11) is 1.42. The van der Waals surface area contributed by atoms with Crippen molar-refractivity contribution in [1.29, 1.82) is 0 Å². The van der Waals surface area contributed by atoms with Crippen LogP contribution in [0.1, 0.15) is 37.2 Å². The molecule has 2 N–H and O–H groups in total. The van der Waals surface area contributed by atoms with Gasteiger partial charge in [0.05, 0.1) is 23.4 Å². The molecule has 0 bridgehead atoms. The predicted molar refractivity (Wildman–Crippen MR) is 133 cm³/mol. The summed E-state index contributed by atoms with van der Waals surface area (Å²) in [5, 5.41) is 19.4. The summed E-state index contributed by atoms with van der Waals surface area (Å²) in [5.41, 5.74) is 1.95. The molecule has 0 radical (unpaired) electrons. The second-order valence-electron chi connectivity index (χ2n) is 9.65. The number of ether oxygens (including phenoxy) is 1. The van der Waals surface area contributed by atoms with E-state index in [2.05, 4.69) is 15.9 Å². The Balaban J connectivity index is 1.58. The minimum Gasteiger partial charge on any atom is -0.504 e. The van der Waals surface area contributed by atoms with Crippen LogP contribution in [0.4, 0.5) is 0 Å². The van der Waals surface area contributed by atoms with Gasteiger partial charge in [0, 0.05) is 36.1 Å². The summed E-state index contributed by atoms with van der Waals surface area (Å²) in [6.45, 7) is 0.0223. The quantitative estimate of drug-likeness (QED) is 0.303. The number of imide groups is 1. The van der Waals surface area contributed by atoms with E-state index in [9.17, 15) is 29.1 Å². The highest BCUT2D eigenvalue weighted by molar-refractivity contribution is 9.12. The lowest BCUT2D eigenvalue weighted by Crippen LogP contribution is -2.39. The Labute approximate surface area is 220 Å². The number of rotatable bonds is 6. The van der Waals surface area contributed by atoms with E-state index in [0.29, 0.717) is 23.1 Å². The van der Waals surface area contributed by atoms with Crippen molar-refractivity contribution < 1.29 is 38.9 Å². The maximum Gasteiger partial charge on any atom is 0.303 e. The fourth-order valence-corrected chi connectivity index (χ4v) is 6.59. The first-order valence-electron chi connectivity index (χ1n) is 12.0. The predicted octanol–water partition coefficient (Wildman–Crippen LogP) is 3.03. The molecule has 0 saturated carbocycles. The summed E-state index contributed by atoms with van der Waals surface area (Å²) in [5.74, 6) is -4.74. The van der Waals surface area contributed by atoms with Crippen LogP contribution in [0, 0.1) is 17.8 Å². The number of hydrogen-bond donors (Lipinski definition) is 2. The highest BCUT2D eigenvalue weighted by Crippen LogP contribution is 2.55. The van der Waals surface area contributed by atoms with E-state index in [-0.39, 0.29) is 65.2 Å². The molecule has 10 heteroatoms. The Morgan fingerprint density at radius 1 is 1.16 bits per heavy atom. The fraction of sp³-hybridized carbons (Fsp3) is 0.370. The number of fused-ring (bicyclic) bond motifs is 3. The van der Waals surface area contributed by atoms with Gasteiger partial charge in [-0.3, -0.25) is 28.9 Å². The van der Waals surface area contributed by atoms with Gasteiger partial charge in [-0.25, -0.2) is 0 Å². The molecule has 0 unspecified atom stereocenters. The molecule has 1 fully saturated rings. The van der Waals surface area contributed by atoms with Gasteiger partial charge in [0.2, 0.25) is 11.8 Å². The van der Waals surface area contributed by atoms with E-state index in [1.165, 1.54) is 19.3 Å². The minimum absolute atomic E-state index is 0.0223. The van der Waals surface area contributed by atoms with Gasteiger partial charge in [-0.05, 0) is 58.8 Å². The first-order chi connectivity index (χ1) is 17.6. The molecule has 0 spiro atoms. The van der Waals surface area contributed by atoms with E-state index < -0.39 is 29.6 Å². The number of aromatic hydroxyl groups is 1. The van der Waals surface area contributed by atoms with Crippen LogP contribution in [0.2, 0.25) is 0 Å². The van der Waals surface area contributed by atoms with Crippen LogP contribution in [-0.4, -0.2) is 58.1 Å². The van der Waals surface area contributed by atoms with Crippen LogP contribution in [0.3, 0.4) is 0 Å². The number of carbonyl (C=O) groups excluding carboxylic acids is 4. The van der Waals surface area contributed by atoms with Gasteiger partial charge in [0.25, 0.3) is 0 Å². The number of carboxylic acid groups (broad SMARTS) is 1. The number of aliphatic carboxylic acids is 1. The molecule has 1 aromatic carbocycles. The van der Waals surface area contributed by atoms with Gasteiger partial charge in [-0.2, -0.15) is 0 Å². The van der Waals surface area contributed by atoms with E-state index >= 15 is 0 Å².